The molecule has 17 heavy (non-hydrogen) atoms. The molecule has 2 heterocycles. The molecule has 0 atom stereocenters. The SMILES string of the molecule is O=[N+]([O-])c1cnccc1Nc1ccc(Cl)nc1. The molecule has 0 aliphatic heterocycles. The van der Waals surface area contributed by atoms with Crippen molar-refractivity contribution in [1.82, 2.24) is 9.97 Å². The molecule has 0 bridgehead atoms. The molecule has 0 unspecified atom stereocenters. The molecule has 0 aliphatic carbocycles. The third-order valence-electron chi connectivity index (χ3n) is 2.00. The molecule has 1 N–H and O–H groups in total. The maximum Gasteiger partial charge on any atom is 0.310 e. The van der Waals surface area contributed by atoms with Crippen LogP contribution in [0.3, 0.4) is 0 Å². The van der Waals surface area contributed by atoms with E-state index in [0.29, 0.717) is 16.5 Å². The Labute approximate surface area is 101 Å². The Morgan fingerprint density at radius 1 is 1.29 bits per heavy atom. The van der Waals surface area contributed by atoms with Crippen LogP contribution in [0.2, 0.25) is 5.15 Å². The number of nitrogens with one attached hydrogen (secondary N) is 1. The molecule has 2 rings (SSSR count). The van der Waals surface area contributed by atoms with Crippen LogP contribution < -0.4 is 5.32 Å². The zero-order valence-electron chi connectivity index (χ0n) is 8.50. The molecule has 7 heteroatoms. The normalized spacial score (nSPS) is 9.94. The van der Waals surface area contributed by atoms with Crippen LogP contribution in [0, 0.1) is 10.1 Å². The van der Waals surface area contributed by atoms with Gasteiger partial charge in [-0.3, -0.25) is 15.1 Å². The number of hydrogen-bond donors (Lipinski definition) is 1. The van der Waals surface area contributed by atoms with Crippen LogP contribution in [0.15, 0.2) is 36.8 Å². The van der Waals surface area contributed by atoms with Crippen molar-refractivity contribution >= 4 is 28.7 Å². The summed E-state index contributed by atoms with van der Waals surface area (Å²) in [6.45, 7) is 0. The topological polar surface area (TPSA) is 81.0 Å². The highest BCUT2D eigenvalue weighted by atomic mass is 35.5. The first-order chi connectivity index (χ1) is 8.16. The average molecular weight is 251 g/mol. The summed E-state index contributed by atoms with van der Waals surface area (Å²) in [5, 5.41) is 14.0. The van der Waals surface area contributed by atoms with Gasteiger partial charge in [0.15, 0.2) is 0 Å². The summed E-state index contributed by atoms with van der Waals surface area (Å²) in [5.74, 6) is 0. The van der Waals surface area contributed by atoms with Crippen LogP contribution in [0.25, 0.3) is 0 Å². The monoisotopic (exact) mass is 250 g/mol. The number of halogens is 1. The highest BCUT2D eigenvalue weighted by Crippen LogP contribution is 2.25. The van der Waals surface area contributed by atoms with Crippen LogP contribution in [-0.4, -0.2) is 14.9 Å². The van der Waals surface area contributed by atoms with Crippen molar-refractivity contribution in [2.45, 2.75) is 0 Å². The molecule has 0 radical (unpaired) electrons. The summed E-state index contributed by atoms with van der Waals surface area (Å²) in [7, 11) is 0. The van der Waals surface area contributed by atoms with Crippen molar-refractivity contribution < 1.29 is 4.92 Å². The van der Waals surface area contributed by atoms with E-state index in [-0.39, 0.29) is 5.69 Å². The first-order valence-corrected chi connectivity index (χ1v) is 5.01. The lowest BCUT2D eigenvalue weighted by Crippen LogP contribution is -1.97. The zero-order valence-corrected chi connectivity index (χ0v) is 9.26. The fourth-order valence-corrected chi connectivity index (χ4v) is 1.35. The van der Waals surface area contributed by atoms with E-state index >= 15 is 0 Å². The van der Waals surface area contributed by atoms with E-state index in [4.69, 9.17) is 11.6 Å². The van der Waals surface area contributed by atoms with E-state index < -0.39 is 4.92 Å². The van der Waals surface area contributed by atoms with Gasteiger partial charge >= 0.3 is 5.69 Å². The second-order valence-corrected chi connectivity index (χ2v) is 3.53. The van der Waals surface area contributed by atoms with Crippen molar-refractivity contribution in [3.63, 3.8) is 0 Å². The number of rotatable bonds is 3. The van der Waals surface area contributed by atoms with Crippen LogP contribution in [0.1, 0.15) is 0 Å². The van der Waals surface area contributed by atoms with Gasteiger partial charge in [-0.15, -0.1) is 0 Å². The second kappa shape index (κ2) is 4.75. The Hall–Kier alpha value is -2.21. The largest absolute Gasteiger partial charge is 0.349 e. The molecule has 0 fully saturated rings. The smallest absolute Gasteiger partial charge is 0.310 e. The lowest BCUT2D eigenvalue weighted by atomic mass is 10.3. The Balaban J connectivity index is 2.30. The number of nitro groups is 1. The van der Waals surface area contributed by atoms with Gasteiger partial charge in [-0.1, -0.05) is 11.6 Å². The van der Waals surface area contributed by atoms with Crippen molar-refractivity contribution in [2.75, 3.05) is 5.32 Å². The van der Waals surface area contributed by atoms with Gasteiger partial charge in [-0.2, -0.15) is 0 Å². The highest BCUT2D eigenvalue weighted by molar-refractivity contribution is 6.29. The van der Waals surface area contributed by atoms with Gasteiger partial charge in [-0.25, -0.2) is 4.98 Å². The lowest BCUT2D eigenvalue weighted by molar-refractivity contribution is -0.384. The van der Waals surface area contributed by atoms with E-state index in [0.717, 1.165) is 0 Å². The third-order valence-corrected chi connectivity index (χ3v) is 2.23. The van der Waals surface area contributed by atoms with Gasteiger partial charge < -0.3 is 5.32 Å². The highest BCUT2D eigenvalue weighted by Gasteiger charge is 2.13. The Morgan fingerprint density at radius 2 is 2.12 bits per heavy atom. The molecular weight excluding hydrogens is 244 g/mol. The average Bonchev–Trinajstić information content (AvgIpc) is 2.32. The maximum atomic E-state index is 10.8. The minimum Gasteiger partial charge on any atom is -0.349 e. The van der Waals surface area contributed by atoms with E-state index in [1.807, 2.05) is 0 Å². The van der Waals surface area contributed by atoms with Gasteiger partial charge in [0.2, 0.25) is 0 Å². The first-order valence-electron chi connectivity index (χ1n) is 4.64. The number of anilines is 2. The number of aromatic nitrogens is 2. The number of pyridine rings is 2. The molecule has 6 nitrogen and oxygen atoms in total. The van der Waals surface area contributed by atoms with E-state index in [2.05, 4.69) is 15.3 Å². The van der Waals surface area contributed by atoms with Gasteiger partial charge in [0.05, 0.1) is 16.8 Å². The fraction of sp³-hybridized carbons (Fsp3) is 0. The quantitative estimate of drug-likeness (QED) is 0.515. The van der Waals surface area contributed by atoms with Crippen LogP contribution >= 0.6 is 11.6 Å². The predicted octanol–water partition coefficient (Wildman–Crippen LogP) is 2.78. The van der Waals surface area contributed by atoms with E-state index in [1.165, 1.54) is 24.7 Å². The predicted molar refractivity (Wildman–Crippen MR) is 63.4 cm³/mol. The summed E-state index contributed by atoms with van der Waals surface area (Å²) in [6.07, 6.45) is 4.15. The summed E-state index contributed by atoms with van der Waals surface area (Å²) in [4.78, 5) is 17.8. The van der Waals surface area contributed by atoms with Crippen LogP contribution in [0.4, 0.5) is 17.1 Å². The molecule has 0 aliphatic rings. The van der Waals surface area contributed by atoms with Crippen molar-refractivity contribution in [2.24, 2.45) is 0 Å². The molecule has 2 aromatic rings. The number of hydrogen-bond acceptors (Lipinski definition) is 5. The summed E-state index contributed by atoms with van der Waals surface area (Å²) >= 11 is 5.64. The molecule has 86 valence electrons. The molecule has 2 aromatic heterocycles. The van der Waals surface area contributed by atoms with E-state index in [9.17, 15) is 10.1 Å². The maximum absolute atomic E-state index is 10.8. The molecule has 0 saturated carbocycles. The van der Waals surface area contributed by atoms with Crippen molar-refractivity contribution in [3.05, 3.63) is 52.1 Å². The van der Waals surface area contributed by atoms with Crippen LogP contribution in [-0.2, 0) is 0 Å². The Kier molecular flexibility index (Phi) is 3.15. The summed E-state index contributed by atoms with van der Waals surface area (Å²) in [5.41, 5.74) is 0.875. The fourth-order valence-electron chi connectivity index (χ4n) is 1.24. The minimum absolute atomic E-state index is 0.0950. The second-order valence-electron chi connectivity index (χ2n) is 3.14. The van der Waals surface area contributed by atoms with Gasteiger partial charge in [-0.05, 0) is 18.2 Å². The van der Waals surface area contributed by atoms with E-state index in [1.54, 1.807) is 12.1 Å². The zero-order chi connectivity index (χ0) is 12.3. The Morgan fingerprint density at radius 3 is 2.76 bits per heavy atom. The van der Waals surface area contributed by atoms with Crippen LogP contribution in [0.5, 0.6) is 0 Å². The van der Waals surface area contributed by atoms with Gasteiger partial charge in [0.1, 0.15) is 17.0 Å². The molecule has 0 spiro atoms. The van der Waals surface area contributed by atoms with Crippen molar-refractivity contribution in [3.8, 4) is 0 Å². The summed E-state index contributed by atoms with van der Waals surface area (Å²) < 4.78 is 0. The van der Waals surface area contributed by atoms with Gasteiger partial charge in [0, 0.05) is 6.20 Å². The lowest BCUT2D eigenvalue weighted by Gasteiger charge is -2.05. The summed E-state index contributed by atoms with van der Waals surface area (Å²) in [6, 6.07) is 4.79. The third kappa shape index (κ3) is 2.67. The van der Waals surface area contributed by atoms with Gasteiger partial charge in [0.25, 0.3) is 0 Å². The molecule has 0 saturated heterocycles. The van der Waals surface area contributed by atoms with Crippen molar-refractivity contribution in [1.29, 1.82) is 0 Å². The molecule has 0 aromatic carbocycles. The minimum atomic E-state index is -0.501. The molecule has 0 amide bonds. The molecular formula is C10H7ClN4O2. The standard InChI is InChI=1S/C10H7ClN4O2/c11-10-2-1-7(5-13-10)14-8-3-4-12-6-9(8)15(16)17/h1-6H,(H,12,14). The number of nitrogens with zero attached hydrogens (tertiary/aromatic N) is 3. The Bertz CT molecular complexity index is 544. The first kappa shape index (κ1) is 11.3.